The van der Waals surface area contributed by atoms with Gasteiger partial charge in [0.1, 0.15) is 10.6 Å². The van der Waals surface area contributed by atoms with Crippen molar-refractivity contribution in [1.29, 1.82) is 0 Å². The van der Waals surface area contributed by atoms with Gasteiger partial charge in [-0.25, -0.2) is 17.9 Å². The minimum absolute atomic E-state index is 0.0201. The van der Waals surface area contributed by atoms with Crippen LogP contribution in [0.2, 0.25) is 5.02 Å². The van der Waals surface area contributed by atoms with Crippen LogP contribution in [0.15, 0.2) is 35.2 Å². The van der Waals surface area contributed by atoms with Crippen molar-refractivity contribution in [2.45, 2.75) is 44.6 Å². The van der Waals surface area contributed by atoms with E-state index in [0.29, 0.717) is 0 Å². The molecule has 2 aromatic rings. The maximum absolute atomic E-state index is 13.0. The molecule has 6 nitrogen and oxygen atoms in total. The predicted octanol–water partition coefficient (Wildman–Crippen LogP) is 4.61. The van der Waals surface area contributed by atoms with Crippen molar-refractivity contribution in [1.82, 2.24) is 4.72 Å². The molecule has 2 aromatic carbocycles. The number of ether oxygens (including phenoxy) is 2. The highest BCUT2D eigenvalue weighted by Crippen LogP contribution is 2.33. The number of hydrogen-bond acceptors (Lipinski definition) is 5. The van der Waals surface area contributed by atoms with E-state index in [0.717, 1.165) is 22.4 Å². The number of hydrogen-bond donors (Lipinski definition) is 1. The van der Waals surface area contributed by atoms with E-state index in [9.17, 15) is 13.2 Å². The number of carbonyl (C=O) groups is 1. The summed E-state index contributed by atoms with van der Waals surface area (Å²) in [5, 5.41) is 0.0201. The lowest BCUT2D eigenvalue weighted by atomic mass is 9.94. The van der Waals surface area contributed by atoms with Crippen LogP contribution < -0.4 is 9.46 Å². The predicted molar refractivity (Wildman–Crippen MR) is 113 cm³/mol. The van der Waals surface area contributed by atoms with Gasteiger partial charge >= 0.3 is 5.97 Å². The van der Waals surface area contributed by atoms with E-state index >= 15 is 0 Å². The normalized spacial score (nSPS) is 12.7. The molecule has 0 spiro atoms. The van der Waals surface area contributed by atoms with E-state index in [-0.39, 0.29) is 21.4 Å². The molecular weight excluding hydrogens is 414 g/mol. The molecule has 0 fully saturated rings. The summed E-state index contributed by atoms with van der Waals surface area (Å²) >= 11 is 6.11. The van der Waals surface area contributed by atoms with Crippen LogP contribution in [0.3, 0.4) is 0 Å². The zero-order chi connectivity index (χ0) is 21.9. The van der Waals surface area contributed by atoms with Crippen molar-refractivity contribution in [3.63, 3.8) is 0 Å². The summed E-state index contributed by atoms with van der Waals surface area (Å²) < 4.78 is 38.7. The Morgan fingerprint density at radius 3 is 2.28 bits per heavy atom. The lowest BCUT2D eigenvalue weighted by molar-refractivity contribution is 0.0600. The van der Waals surface area contributed by atoms with Crippen LogP contribution in [-0.2, 0) is 14.8 Å². The third-order valence-electron chi connectivity index (χ3n) is 4.68. The fraction of sp³-hybridized carbons (Fsp3) is 0.381. The molecular formula is C21H26ClNO5S. The number of benzene rings is 2. The Kier molecular flexibility index (Phi) is 7.32. The van der Waals surface area contributed by atoms with Gasteiger partial charge in [0.05, 0.1) is 24.8 Å². The number of halogens is 1. The van der Waals surface area contributed by atoms with Crippen LogP contribution in [0.1, 0.15) is 59.8 Å². The minimum Gasteiger partial charge on any atom is -0.496 e. The smallest absolute Gasteiger partial charge is 0.337 e. The van der Waals surface area contributed by atoms with E-state index in [1.54, 1.807) is 14.0 Å². The average molecular weight is 440 g/mol. The molecule has 0 aromatic heterocycles. The van der Waals surface area contributed by atoms with Gasteiger partial charge < -0.3 is 9.47 Å². The Hall–Kier alpha value is -2.09. The fourth-order valence-electron chi connectivity index (χ4n) is 3.12. The minimum atomic E-state index is -3.99. The Morgan fingerprint density at radius 2 is 1.72 bits per heavy atom. The van der Waals surface area contributed by atoms with Gasteiger partial charge in [-0.05, 0) is 66.8 Å². The standard InChI is InChI=1S/C21H26ClNO5S/c1-12(2)16-11-17(13(3)9-19(16)27-5)14(4)23-29(25,26)20-10-15(21(24)28-6)7-8-18(20)22/h7-12,14,23H,1-6H3/t14-/m0/s1. The van der Waals surface area contributed by atoms with E-state index in [2.05, 4.69) is 9.46 Å². The van der Waals surface area contributed by atoms with Crippen LogP contribution in [0.4, 0.5) is 0 Å². The fourth-order valence-corrected chi connectivity index (χ4v) is 4.87. The second kappa shape index (κ2) is 9.15. The molecule has 0 aliphatic carbocycles. The van der Waals surface area contributed by atoms with E-state index in [1.807, 2.05) is 32.9 Å². The van der Waals surface area contributed by atoms with Crippen molar-refractivity contribution in [3.05, 3.63) is 57.6 Å². The molecule has 0 saturated heterocycles. The molecule has 2 rings (SSSR count). The number of rotatable bonds is 7. The molecule has 29 heavy (non-hydrogen) atoms. The summed E-state index contributed by atoms with van der Waals surface area (Å²) in [6.07, 6.45) is 0. The lowest BCUT2D eigenvalue weighted by Gasteiger charge is -2.21. The van der Waals surface area contributed by atoms with Crippen LogP contribution in [-0.4, -0.2) is 28.6 Å². The first-order valence-corrected chi connectivity index (χ1v) is 11.0. The second-order valence-electron chi connectivity index (χ2n) is 7.09. The van der Waals surface area contributed by atoms with Gasteiger partial charge in [0, 0.05) is 6.04 Å². The molecule has 1 atom stereocenters. The molecule has 0 unspecified atom stereocenters. The molecule has 158 valence electrons. The zero-order valence-corrected chi connectivity index (χ0v) is 18.9. The van der Waals surface area contributed by atoms with Crippen LogP contribution in [0.25, 0.3) is 0 Å². The second-order valence-corrected chi connectivity index (χ2v) is 9.17. The first-order chi connectivity index (χ1) is 13.5. The number of aryl methyl sites for hydroxylation is 1. The average Bonchev–Trinajstić information content (AvgIpc) is 2.66. The largest absolute Gasteiger partial charge is 0.496 e. The summed E-state index contributed by atoms with van der Waals surface area (Å²) in [7, 11) is -1.15. The van der Waals surface area contributed by atoms with Gasteiger partial charge in [0.2, 0.25) is 10.0 Å². The molecule has 0 aliphatic rings. The van der Waals surface area contributed by atoms with Gasteiger partial charge in [-0.1, -0.05) is 25.4 Å². The summed E-state index contributed by atoms with van der Waals surface area (Å²) in [5.74, 6) is 0.336. The molecule has 0 radical (unpaired) electrons. The van der Waals surface area contributed by atoms with Crippen molar-refractivity contribution >= 4 is 27.6 Å². The Morgan fingerprint density at radius 1 is 1.07 bits per heavy atom. The van der Waals surface area contributed by atoms with Crippen LogP contribution >= 0.6 is 11.6 Å². The highest BCUT2D eigenvalue weighted by molar-refractivity contribution is 7.89. The van der Waals surface area contributed by atoms with E-state index in [4.69, 9.17) is 16.3 Å². The summed E-state index contributed by atoms with van der Waals surface area (Å²) in [6.45, 7) is 7.75. The first-order valence-electron chi connectivity index (χ1n) is 9.10. The van der Waals surface area contributed by atoms with Gasteiger partial charge in [-0.2, -0.15) is 0 Å². The number of sulfonamides is 1. The Balaban J connectivity index is 2.44. The Bertz CT molecular complexity index is 1020. The molecule has 8 heteroatoms. The summed E-state index contributed by atoms with van der Waals surface area (Å²) in [4.78, 5) is 11.6. The van der Waals surface area contributed by atoms with Gasteiger partial charge in [-0.3, -0.25) is 0 Å². The number of nitrogens with one attached hydrogen (secondary N) is 1. The van der Waals surface area contributed by atoms with Crippen LogP contribution in [0, 0.1) is 6.92 Å². The van der Waals surface area contributed by atoms with E-state index in [1.165, 1.54) is 25.3 Å². The Labute approximate surface area is 177 Å². The summed E-state index contributed by atoms with van der Waals surface area (Å²) in [6, 6.07) is 7.32. The quantitative estimate of drug-likeness (QED) is 0.637. The molecule has 0 saturated carbocycles. The maximum atomic E-state index is 13.0. The number of carbonyl (C=O) groups excluding carboxylic acids is 1. The summed E-state index contributed by atoms with van der Waals surface area (Å²) in [5.41, 5.74) is 2.83. The first kappa shape index (κ1) is 23.2. The molecule has 0 heterocycles. The van der Waals surface area contributed by atoms with Crippen molar-refractivity contribution in [2.24, 2.45) is 0 Å². The van der Waals surface area contributed by atoms with Gasteiger partial charge in [-0.15, -0.1) is 0 Å². The third-order valence-corrected chi connectivity index (χ3v) is 6.70. The number of methoxy groups -OCH3 is 2. The highest BCUT2D eigenvalue weighted by atomic mass is 35.5. The lowest BCUT2D eigenvalue weighted by Crippen LogP contribution is -2.28. The third kappa shape index (κ3) is 5.10. The van der Waals surface area contributed by atoms with Crippen molar-refractivity contribution in [2.75, 3.05) is 14.2 Å². The molecule has 0 aliphatic heterocycles. The van der Waals surface area contributed by atoms with Crippen molar-refractivity contribution < 1.29 is 22.7 Å². The highest BCUT2D eigenvalue weighted by Gasteiger charge is 2.24. The van der Waals surface area contributed by atoms with Crippen LogP contribution in [0.5, 0.6) is 5.75 Å². The molecule has 0 amide bonds. The van der Waals surface area contributed by atoms with E-state index < -0.39 is 22.0 Å². The van der Waals surface area contributed by atoms with Crippen molar-refractivity contribution in [3.8, 4) is 5.75 Å². The number of esters is 1. The maximum Gasteiger partial charge on any atom is 0.337 e. The topological polar surface area (TPSA) is 81.7 Å². The van der Waals surface area contributed by atoms with Gasteiger partial charge in [0.25, 0.3) is 0 Å². The monoisotopic (exact) mass is 439 g/mol. The SMILES string of the molecule is COC(=O)c1ccc(Cl)c(S(=O)(=O)N[C@@H](C)c2cc(C(C)C)c(OC)cc2C)c1. The van der Waals surface area contributed by atoms with Gasteiger partial charge in [0.15, 0.2) is 0 Å². The molecule has 0 bridgehead atoms. The molecule has 1 N–H and O–H groups in total. The zero-order valence-electron chi connectivity index (χ0n) is 17.4.